The van der Waals surface area contributed by atoms with E-state index in [1.807, 2.05) is 0 Å². The highest BCUT2D eigenvalue weighted by molar-refractivity contribution is 4.64. The molecule has 0 radical (unpaired) electrons. The van der Waals surface area contributed by atoms with Crippen LogP contribution in [0.1, 0.15) is 34.6 Å². The van der Waals surface area contributed by atoms with Crippen molar-refractivity contribution in [1.29, 1.82) is 0 Å². The quantitative estimate of drug-likeness (QED) is 0.612. The van der Waals surface area contributed by atoms with Crippen LogP contribution in [0.25, 0.3) is 0 Å². The number of rotatable bonds is 7. The fourth-order valence-electron chi connectivity index (χ4n) is 1.10. The maximum absolute atomic E-state index is 5.60. The Morgan fingerprint density at radius 3 is 2.43 bits per heavy atom. The fourth-order valence-corrected chi connectivity index (χ4v) is 1.10. The van der Waals surface area contributed by atoms with E-state index in [0.717, 1.165) is 26.2 Å². The Bertz CT molecular complexity index is 132. The molecule has 3 heteroatoms. The van der Waals surface area contributed by atoms with Gasteiger partial charge < -0.3 is 15.4 Å². The molecule has 0 rings (SSSR count). The van der Waals surface area contributed by atoms with E-state index < -0.39 is 0 Å². The van der Waals surface area contributed by atoms with Gasteiger partial charge >= 0.3 is 0 Å². The van der Waals surface area contributed by atoms with Crippen molar-refractivity contribution < 1.29 is 4.74 Å². The van der Waals surface area contributed by atoms with E-state index in [2.05, 4.69) is 45.3 Å². The Morgan fingerprint density at radius 1 is 1.29 bits per heavy atom. The van der Waals surface area contributed by atoms with Crippen molar-refractivity contribution in [2.75, 3.05) is 26.2 Å². The monoisotopic (exact) mass is 202 g/mol. The summed E-state index contributed by atoms with van der Waals surface area (Å²) in [5.41, 5.74) is -0.0212. The summed E-state index contributed by atoms with van der Waals surface area (Å²) in [5.74, 6) is 0. The highest BCUT2D eigenvalue weighted by atomic mass is 16.5. The minimum atomic E-state index is -0.0212. The molecule has 0 aromatic rings. The van der Waals surface area contributed by atoms with Gasteiger partial charge in [-0.1, -0.05) is 6.92 Å². The van der Waals surface area contributed by atoms with Crippen molar-refractivity contribution in [3.63, 3.8) is 0 Å². The highest BCUT2D eigenvalue weighted by Gasteiger charge is 2.09. The molecule has 0 heterocycles. The van der Waals surface area contributed by atoms with Gasteiger partial charge in [0.05, 0.1) is 12.2 Å². The van der Waals surface area contributed by atoms with E-state index in [4.69, 9.17) is 4.74 Å². The van der Waals surface area contributed by atoms with Crippen molar-refractivity contribution in [3.8, 4) is 0 Å². The Labute approximate surface area is 88.6 Å². The third kappa shape index (κ3) is 9.96. The molecular weight excluding hydrogens is 176 g/mol. The van der Waals surface area contributed by atoms with Gasteiger partial charge in [0.1, 0.15) is 0 Å². The van der Waals surface area contributed by atoms with Crippen LogP contribution in [0.2, 0.25) is 0 Å². The van der Waals surface area contributed by atoms with Crippen LogP contribution in [0.4, 0.5) is 0 Å². The summed E-state index contributed by atoms with van der Waals surface area (Å²) in [6.07, 6.45) is 0. The summed E-state index contributed by atoms with van der Waals surface area (Å²) in [4.78, 5) is 0. The number of nitrogens with one attached hydrogen (secondary N) is 2. The molecule has 0 aromatic heterocycles. The summed E-state index contributed by atoms with van der Waals surface area (Å²) in [5, 5.41) is 6.70. The van der Waals surface area contributed by atoms with Gasteiger partial charge in [-0.15, -0.1) is 0 Å². The van der Waals surface area contributed by atoms with Crippen LogP contribution in [0.3, 0.4) is 0 Å². The first-order chi connectivity index (χ1) is 6.45. The molecule has 0 aromatic carbocycles. The fraction of sp³-hybridized carbons (Fsp3) is 1.00. The van der Waals surface area contributed by atoms with Gasteiger partial charge in [-0.3, -0.25) is 0 Å². The topological polar surface area (TPSA) is 33.3 Å². The summed E-state index contributed by atoms with van der Waals surface area (Å²) in [6.45, 7) is 14.3. The Balaban J connectivity index is 3.27. The second-order valence-electron chi connectivity index (χ2n) is 4.62. The zero-order valence-corrected chi connectivity index (χ0v) is 10.3. The Kier molecular flexibility index (Phi) is 7.15. The molecule has 0 aliphatic heterocycles. The lowest BCUT2D eigenvalue weighted by Gasteiger charge is -2.21. The average molecular weight is 202 g/mol. The second-order valence-corrected chi connectivity index (χ2v) is 4.62. The van der Waals surface area contributed by atoms with Crippen LogP contribution in [-0.4, -0.2) is 37.9 Å². The molecule has 0 aliphatic rings. The van der Waals surface area contributed by atoms with Crippen LogP contribution in [-0.2, 0) is 4.74 Å². The molecule has 0 spiro atoms. The third-order valence-corrected chi connectivity index (χ3v) is 1.83. The minimum absolute atomic E-state index is 0.0212. The van der Waals surface area contributed by atoms with E-state index in [1.54, 1.807) is 0 Å². The second kappa shape index (κ2) is 7.21. The molecule has 0 fully saturated rings. The van der Waals surface area contributed by atoms with E-state index in [9.17, 15) is 0 Å². The van der Waals surface area contributed by atoms with E-state index in [-0.39, 0.29) is 5.60 Å². The smallest absolute Gasteiger partial charge is 0.0599 e. The predicted octanol–water partition coefficient (Wildman–Crippen LogP) is 1.39. The molecule has 14 heavy (non-hydrogen) atoms. The lowest BCUT2D eigenvalue weighted by molar-refractivity contribution is -0.00146. The van der Waals surface area contributed by atoms with Crippen LogP contribution in [0.5, 0.6) is 0 Å². The average Bonchev–Trinajstić information content (AvgIpc) is 2.07. The number of ether oxygens (including phenoxy) is 1. The molecule has 0 bridgehead atoms. The Hall–Kier alpha value is -0.120. The van der Waals surface area contributed by atoms with Gasteiger partial charge in [0.25, 0.3) is 0 Å². The van der Waals surface area contributed by atoms with Crippen molar-refractivity contribution in [3.05, 3.63) is 0 Å². The number of hydrogen-bond acceptors (Lipinski definition) is 3. The SMILES string of the molecule is CCNCC(C)NCCOC(C)(C)C. The van der Waals surface area contributed by atoms with Crippen molar-refractivity contribution in [2.45, 2.75) is 46.3 Å². The zero-order chi connectivity index (χ0) is 11.0. The van der Waals surface area contributed by atoms with Crippen LogP contribution in [0.15, 0.2) is 0 Å². The maximum atomic E-state index is 5.60. The molecule has 86 valence electrons. The van der Waals surface area contributed by atoms with E-state index >= 15 is 0 Å². The normalized spacial score (nSPS) is 14.4. The number of hydrogen-bond donors (Lipinski definition) is 2. The molecule has 0 aliphatic carbocycles. The first-order valence-electron chi connectivity index (χ1n) is 5.53. The van der Waals surface area contributed by atoms with Gasteiger partial charge in [0.15, 0.2) is 0 Å². The molecule has 0 amide bonds. The van der Waals surface area contributed by atoms with Gasteiger partial charge in [-0.2, -0.15) is 0 Å². The standard InChI is InChI=1S/C11H26N2O/c1-6-12-9-10(2)13-7-8-14-11(3,4)5/h10,12-13H,6-9H2,1-5H3. The summed E-state index contributed by atoms with van der Waals surface area (Å²) in [6, 6.07) is 0.513. The molecule has 2 N–H and O–H groups in total. The van der Waals surface area contributed by atoms with Crippen molar-refractivity contribution in [2.24, 2.45) is 0 Å². The summed E-state index contributed by atoms with van der Waals surface area (Å²) in [7, 11) is 0. The number of likely N-dealkylation sites (N-methyl/N-ethyl adjacent to an activating group) is 1. The zero-order valence-electron chi connectivity index (χ0n) is 10.3. The van der Waals surface area contributed by atoms with E-state index in [1.165, 1.54) is 0 Å². The molecular formula is C11H26N2O. The molecule has 0 saturated carbocycles. The highest BCUT2D eigenvalue weighted by Crippen LogP contribution is 2.04. The van der Waals surface area contributed by atoms with Crippen molar-refractivity contribution in [1.82, 2.24) is 10.6 Å². The first kappa shape index (κ1) is 13.9. The van der Waals surface area contributed by atoms with Crippen molar-refractivity contribution >= 4 is 0 Å². The summed E-state index contributed by atoms with van der Waals surface area (Å²) < 4.78 is 5.60. The molecule has 1 unspecified atom stereocenters. The third-order valence-electron chi connectivity index (χ3n) is 1.83. The molecule has 0 saturated heterocycles. The lowest BCUT2D eigenvalue weighted by atomic mass is 10.2. The largest absolute Gasteiger partial charge is 0.375 e. The molecule has 3 nitrogen and oxygen atoms in total. The predicted molar refractivity (Wildman–Crippen MR) is 61.7 cm³/mol. The van der Waals surface area contributed by atoms with Crippen LogP contribution < -0.4 is 10.6 Å². The van der Waals surface area contributed by atoms with Crippen LogP contribution >= 0.6 is 0 Å². The summed E-state index contributed by atoms with van der Waals surface area (Å²) >= 11 is 0. The van der Waals surface area contributed by atoms with Crippen LogP contribution in [0, 0.1) is 0 Å². The maximum Gasteiger partial charge on any atom is 0.0599 e. The molecule has 1 atom stereocenters. The van der Waals surface area contributed by atoms with Gasteiger partial charge in [-0.05, 0) is 34.2 Å². The van der Waals surface area contributed by atoms with Gasteiger partial charge in [-0.25, -0.2) is 0 Å². The van der Waals surface area contributed by atoms with E-state index in [0.29, 0.717) is 6.04 Å². The van der Waals surface area contributed by atoms with Gasteiger partial charge in [0, 0.05) is 19.1 Å². The minimum Gasteiger partial charge on any atom is -0.375 e. The Morgan fingerprint density at radius 2 is 1.93 bits per heavy atom. The van der Waals surface area contributed by atoms with Gasteiger partial charge in [0.2, 0.25) is 0 Å². The lowest BCUT2D eigenvalue weighted by Crippen LogP contribution is -2.38. The first-order valence-corrected chi connectivity index (χ1v) is 5.53.